The van der Waals surface area contributed by atoms with Crippen molar-refractivity contribution < 1.29 is 8.42 Å². The van der Waals surface area contributed by atoms with Gasteiger partial charge in [-0.3, -0.25) is 4.68 Å². The second kappa shape index (κ2) is 5.57. The highest BCUT2D eigenvalue weighted by atomic mass is 32.2. The van der Waals surface area contributed by atoms with Crippen molar-refractivity contribution in [3.63, 3.8) is 0 Å². The number of nitrogens with zero attached hydrogens (tertiary/aromatic N) is 4. The zero-order valence-corrected chi connectivity index (χ0v) is 13.4. The van der Waals surface area contributed by atoms with Crippen molar-refractivity contribution in [3.8, 4) is 11.4 Å². The lowest BCUT2D eigenvalue weighted by Crippen LogP contribution is -2.11. The number of aromatic nitrogens is 4. The molecule has 0 saturated carbocycles. The number of para-hydroxylation sites is 2. The number of sulfone groups is 1. The quantitative estimate of drug-likeness (QED) is 0.721. The first kappa shape index (κ1) is 14.8. The topological polar surface area (TPSA) is 69.8 Å². The molecule has 3 rings (SSSR count). The maximum atomic E-state index is 11.2. The third kappa shape index (κ3) is 2.89. The van der Waals surface area contributed by atoms with E-state index in [0.29, 0.717) is 6.54 Å². The summed E-state index contributed by atoms with van der Waals surface area (Å²) in [6.45, 7) is 3.24. The Morgan fingerprint density at radius 2 is 2.00 bits per heavy atom. The molecule has 6 nitrogen and oxygen atoms in total. The molecule has 7 heteroatoms. The molecule has 0 amide bonds. The Morgan fingerprint density at radius 3 is 2.73 bits per heavy atom. The summed E-state index contributed by atoms with van der Waals surface area (Å²) in [5.41, 5.74) is 2.93. The van der Waals surface area contributed by atoms with Crippen LogP contribution in [0.4, 0.5) is 0 Å². The predicted octanol–water partition coefficient (Wildman–Crippen LogP) is 1.96. The van der Waals surface area contributed by atoms with Crippen molar-refractivity contribution in [3.05, 3.63) is 36.7 Å². The van der Waals surface area contributed by atoms with E-state index in [4.69, 9.17) is 0 Å². The molecule has 0 unspecified atom stereocenters. The fourth-order valence-electron chi connectivity index (χ4n) is 2.48. The third-order valence-electron chi connectivity index (χ3n) is 3.55. The summed E-state index contributed by atoms with van der Waals surface area (Å²) < 4.78 is 26.3. The van der Waals surface area contributed by atoms with E-state index in [2.05, 4.69) is 21.6 Å². The van der Waals surface area contributed by atoms with Crippen LogP contribution in [-0.4, -0.2) is 39.8 Å². The van der Waals surface area contributed by atoms with E-state index in [1.54, 1.807) is 10.9 Å². The van der Waals surface area contributed by atoms with Gasteiger partial charge in [0.05, 0.1) is 35.1 Å². The molecule has 22 heavy (non-hydrogen) atoms. The molecule has 2 heterocycles. The largest absolute Gasteiger partial charge is 0.324 e. The minimum atomic E-state index is -2.99. The Kier molecular flexibility index (Phi) is 3.74. The number of fused-ring (bicyclic) bond motifs is 1. The molecule has 3 aromatic rings. The summed E-state index contributed by atoms with van der Waals surface area (Å²) in [6.07, 6.45) is 4.81. The van der Waals surface area contributed by atoms with Crippen LogP contribution in [0.1, 0.15) is 6.92 Å². The average molecular weight is 318 g/mol. The van der Waals surface area contributed by atoms with Gasteiger partial charge in [0.15, 0.2) is 0 Å². The Labute approximate surface area is 129 Å². The van der Waals surface area contributed by atoms with E-state index in [9.17, 15) is 8.42 Å². The first-order chi connectivity index (χ1) is 10.5. The first-order valence-electron chi connectivity index (χ1n) is 7.14. The van der Waals surface area contributed by atoms with Crippen molar-refractivity contribution in [2.24, 2.45) is 0 Å². The van der Waals surface area contributed by atoms with Gasteiger partial charge in [0.2, 0.25) is 0 Å². The number of hydrogen-bond acceptors (Lipinski definition) is 4. The zero-order chi connectivity index (χ0) is 15.7. The second-order valence-corrected chi connectivity index (χ2v) is 7.55. The Morgan fingerprint density at radius 1 is 1.23 bits per heavy atom. The normalized spacial score (nSPS) is 12.1. The van der Waals surface area contributed by atoms with Gasteiger partial charge >= 0.3 is 0 Å². The molecule has 2 aromatic heterocycles. The first-order valence-corrected chi connectivity index (χ1v) is 9.20. The molecular weight excluding hydrogens is 300 g/mol. The molecule has 116 valence electrons. The molecule has 0 aliphatic rings. The molecule has 0 spiro atoms. The van der Waals surface area contributed by atoms with Crippen LogP contribution in [-0.2, 0) is 22.9 Å². The minimum absolute atomic E-state index is 0.0817. The molecule has 1 aromatic carbocycles. The van der Waals surface area contributed by atoms with Crippen LogP contribution in [0, 0.1) is 0 Å². The summed E-state index contributed by atoms with van der Waals surface area (Å²) in [5, 5.41) is 4.24. The van der Waals surface area contributed by atoms with Crippen molar-refractivity contribution in [2.45, 2.75) is 20.0 Å². The Bertz CT molecular complexity index is 909. The van der Waals surface area contributed by atoms with Gasteiger partial charge in [-0.1, -0.05) is 12.1 Å². The van der Waals surface area contributed by atoms with Crippen LogP contribution >= 0.6 is 0 Å². The SMILES string of the molecule is CCn1c(-c2cnn(CCS(C)(=O)=O)c2)nc2ccccc21. The molecule has 0 atom stereocenters. The maximum Gasteiger partial charge on any atom is 0.149 e. The van der Waals surface area contributed by atoms with Crippen LogP contribution in [0.3, 0.4) is 0 Å². The molecule has 0 saturated heterocycles. The van der Waals surface area contributed by atoms with Gasteiger partial charge in [0.25, 0.3) is 0 Å². The van der Waals surface area contributed by atoms with Gasteiger partial charge in [-0.2, -0.15) is 5.10 Å². The monoisotopic (exact) mass is 318 g/mol. The molecule has 0 aliphatic carbocycles. The lowest BCUT2D eigenvalue weighted by atomic mass is 10.3. The van der Waals surface area contributed by atoms with Crippen LogP contribution in [0.15, 0.2) is 36.7 Å². The van der Waals surface area contributed by atoms with Crippen LogP contribution < -0.4 is 0 Å². The van der Waals surface area contributed by atoms with Gasteiger partial charge in [-0.15, -0.1) is 0 Å². The van der Waals surface area contributed by atoms with Gasteiger partial charge < -0.3 is 4.57 Å². The number of rotatable bonds is 5. The second-order valence-electron chi connectivity index (χ2n) is 5.29. The Balaban J connectivity index is 1.96. The lowest BCUT2D eigenvalue weighted by molar-refractivity contribution is 0.586. The summed E-state index contributed by atoms with van der Waals surface area (Å²) in [6, 6.07) is 7.99. The number of benzene rings is 1. The number of aryl methyl sites for hydroxylation is 2. The van der Waals surface area contributed by atoms with Crippen LogP contribution in [0.25, 0.3) is 22.4 Å². The van der Waals surface area contributed by atoms with E-state index >= 15 is 0 Å². The van der Waals surface area contributed by atoms with Crippen LogP contribution in [0.5, 0.6) is 0 Å². The highest BCUT2D eigenvalue weighted by molar-refractivity contribution is 7.90. The van der Waals surface area contributed by atoms with E-state index < -0.39 is 9.84 Å². The van der Waals surface area contributed by atoms with Gasteiger partial charge in [0, 0.05) is 19.0 Å². The summed E-state index contributed by atoms with van der Waals surface area (Å²) in [7, 11) is -2.99. The fraction of sp³-hybridized carbons (Fsp3) is 0.333. The average Bonchev–Trinajstić information content (AvgIpc) is 3.08. The van der Waals surface area contributed by atoms with Crippen molar-refractivity contribution in [1.29, 1.82) is 0 Å². The van der Waals surface area contributed by atoms with E-state index in [1.165, 1.54) is 6.26 Å². The van der Waals surface area contributed by atoms with E-state index in [1.807, 2.05) is 30.5 Å². The summed E-state index contributed by atoms with van der Waals surface area (Å²) in [5.74, 6) is 0.937. The summed E-state index contributed by atoms with van der Waals surface area (Å²) >= 11 is 0. The Hall–Kier alpha value is -2.15. The predicted molar refractivity (Wildman–Crippen MR) is 86.3 cm³/mol. The van der Waals surface area contributed by atoms with Crippen molar-refractivity contribution in [2.75, 3.05) is 12.0 Å². The summed E-state index contributed by atoms with van der Waals surface area (Å²) in [4.78, 5) is 4.67. The van der Waals surface area contributed by atoms with Crippen molar-refractivity contribution in [1.82, 2.24) is 19.3 Å². The number of imidazole rings is 1. The highest BCUT2D eigenvalue weighted by Crippen LogP contribution is 2.24. The molecule has 0 N–H and O–H groups in total. The van der Waals surface area contributed by atoms with Gasteiger partial charge in [0.1, 0.15) is 15.7 Å². The minimum Gasteiger partial charge on any atom is -0.324 e. The highest BCUT2D eigenvalue weighted by Gasteiger charge is 2.13. The number of hydrogen-bond donors (Lipinski definition) is 0. The standard InChI is InChI=1S/C15H18N4O2S/c1-3-19-14-7-5-4-6-13(14)17-15(19)12-10-16-18(11-12)8-9-22(2,20)21/h4-7,10-11H,3,8-9H2,1-2H3. The van der Waals surface area contributed by atoms with Crippen LogP contribution in [0.2, 0.25) is 0 Å². The molecule has 0 aliphatic heterocycles. The van der Waals surface area contributed by atoms with Gasteiger partial charge in [-0.25, -0.2) is 13.4 Å². The van der Waals surface area contributed by atoms with E-state index in [-0.39, 0.29) is 5.75 Å². The lowest BCUT2D eigenvalue weighted by Gasteiger charge is -2.03. The van der Waals surface area contributed by atoms with E-state index in [0.717, 1.165) is 29.0 Å². The van der Waals surface area contributed by atoms with Gasteiger partial charge in [-0.05, 0) is 19.1 Å². The third-order valence-corrected chi connectivity index (χ3v) is 4.48. The molecule has 0 fully saturated rings. The molecule has 0 bridgehead atoms. The zero-order valence-electron chi connectivity index (χ0n) is 12.6. The smallest absolute Gasteiger partial charge is 0.149 e. The maximum absolute atomic E-state index is 11.2. The fourth-order valence-corrected chi connectivity index (χ4v) is 3.00. The van der Waals surface area contributed by atoms with Crippen molar-refractivity contribution >= 4 is 20.9 Å². The molecule has 0 radical (unpaired) electrons. The molecular formula is C15H18N4O2S.